The Kier molecular flexibility index (Phi) is 5.34. The minimum atomic E-state index is -0.752. The Morgan fingerprint density at radius 2 is 1.84 bits per heavy atom. The number of rotatable bonds is 5. The molecule has 0 bridgehead atoms. The van der Waals surface area contributed by atoms with E-state index >= 15 is 0 Å². The van der Waals surface area contributed by atoms with Crippen LogP contribution in [0.15, 0.2) is 36.7 Å². The lowest BCUT2D eigenvalue weighted by Gasteiger charge is -2.16. The van der Waals surface area contributed by atoms with E-state index in [9.17, 15) is 9.59 Å². The van der Waals surface area contributed by atoms with Crippen LogP contribution in [0.25, 0.3) is 5.69 Å². The monoisotopic (exact) mass is 421 g/mol. The molecule has 31 heavy (non-hydrogen) atoms. The Morgan fingerprint density at radius 3 is 2.48 bits per heavy atom. The lowest BCUT2D eigenvalue weighted by atomic mass is 9.90. The molecule has 0 aliphatic heterocycles. The number of aromatic nitrogens is 5. The standard InChI is InChI=1S/C22H27N7O2/c1-14-18(22(2,3)4)27-29(16-8-6-5-7-9-16)19(14)25-21(31)20(30)23-12-17-26-24-13-28(17)15-10-11-15/h5-9,13,15H,10-12H2,1-4H3,(H,23,30)(H,25,31). The predicted octanol–water partition coefficient (Wildman–Crippen LogP) is 2.66. The van der Waals surface area contributed by atoms with Gasteiger partial charge in [-0.25, -0.2) is 4.68 Å². The van der Waals surface area contributed by atoms with E-state index in [0.717, 1.165) is 29.8 Å². The number of para-hydroxylation sites is 1. The first-order chi connectivity index (χ1) is 14.8. The molecule has 9 heteroatoms. The molecule has 4 rings (SSSR count). The third-order valence-electron chi connectivity index (χ3n) is 5.27. The molecule has 0 unspecified atom stereocenters. The highest BCUT2D eigenvalue weighted by Gasteiger charge is 2.28. The van der Waals surface area contributed by atoms with Crippen LogP contribution in [-0.4, -0.2) is 36.4 Å². The molecule has 1 saturated carbocycles. The van der Waals surface area contributed by atoms with Crippen molar-refractivity contribution in [1.82, 2.24) is 29.9 Å². The Labute approximate surface area is 180 Å². The molecule has 1 aromatic carbocycles. The maximum atomic E-state index is 12.7. The molecule has 0 saturated heterocycles. The van der Waals surface area contributed by atoms with E-state index in [1.165, 1.54) is 0 Å². The topological polar surface area (TPSA) is 107 Å². The van der Waals surface area contributed by atoms with E-state index < -0.39 is 11.8 Å². The van der Waals surface area contributed by atoms with Gasteiger partial charge in [0.15, 0.2) is 5.82 Å². The van der Waals surface area contributed by atoms with Gasteiger partial charge in [0.2, 0.25) is 0 Å². The summed E-state index contributed by atoms with van der Waals surface area (Å²) in [5, 5.41) is 18.1. The van der Waals surface area contributed by atoms with Crippen LogP contribution in [0.1, 0.15) is 56.7 Å². The summed E-state index contributed by atoms with van der Waals surface area (Å²) in [7, 11) is 0. The van der Waals surface area contributed by atoms with Crippen molar-refractivity contribution < 1.29 is 9.59 Å². The number of nitrogens with zero attached hydrogens (tertiary/aromatic N) is 5. The Bertz CT molecular complexity index is 1100. The molecular formula is C22H27N7O2. The van der Waals surface area contributed by atoms with Crippen LogP contribution in [0.2, 0.25) is 0 Å². The van der Waals surface area contributed by atoms with Crippen LogP contribution in [0, 0.1) is 6.92 Å². The smallest absolute Gasteiger partial charge is 0.314 e. The zero-order valence-electron chi connectivity index (χ0n) is 18.2. The van der Waals surface area contributed by atoms with E-state index in [-0.39, 0.29) is 12.0 Å². The SMILES string of the molecule is Cc1c(C(C)(C)C)nn(-c2ccccc2)c1NC(=O)C(=O)NCc1nncn1C1CC1. The normalized spacial score (nSPS) is 13.8. The summed E-state index contributed by atoms with van der Waals surface area (Å²) in [6, 6.07) is 9.92. The molecular weight excluding hydrogens is 394 g/mol. The van der Waals surface area contributed by atoms with Gasteiger partial charge in [-0.05, 0) is 31.9 Å². The molecule has 1 fully saturated rings. The number of hydrogen-bond acceptors (Lipinski definition) is 5. The van der Waals surface area contributed by atoms with E-state index in [0.29, 0.717) is 17.7 Å². The van der Waals surface area contributed by atoms with Gasteiger partial charge in [-0.15, -0.1) is 10.2 Å². The van der Waals surface area contributed by atoms with E-state index in [1.807, 2.05) is 41.8 Å². The summed E-state index contributed by atoms with van der Waals surface area (Å²) >= 11 is 0. The highest BCUT2D eigenvalue weighted by atomic mass is 16.2. The summed E-state index contributed by atoms with van der Waals surface area (Å²) < 4.78 is 3.62. The molecule has 0 spiro atoms. The van der Waals surface area contributed by atoms with Crippen LogP contribution in [0.4, 0.5) is 5.82 Å². The highest BCUT2D eigenvalue weighted by Crippen LogP contribution is 2.35. The van der Waals surface area contributed by atoms with Gasteiger partial charge in [-0.2, -0.15) is 5.10 Å². The van der Waals surface area contributed by atoms with Gasteiger partial charge >= 0.3 is 11.8 Å². The van der Waals surface area contributed by atoms with Crippen LogP contribution in [0.3, 0.4) is 0 Å². The zero-order chi connectivity index (χ0) is 22.2. The second-order valence-corrected chi connectivity index (χ2v) is 8.84. The van der Waals surface area contributed by atoms with E-state index in [1.54, 1.807) is 11.0 Å². The minimum Gasteiger partial charge on any atom is -0.341 e. The van der Waals surface area contributed by atoms with Gasteiger partial charge < -0.3 is 15.2 Å². The van der Waals surface area contributed by atoms with Gasteiger partial charge in [0.25, 0.3) is 0 Å². The predicted molar refractivity (Wildman–Crippen MR) is 116 cm³/mol. The largest absolute Gasteiger partial charge is 0.341 e. The highest BCUT2D eigenvalue weighted by molar-refractivity contribution is 6.39. The summed E-state index contributed by atoms with van der Waals surface area (Å²) in [4.78, 5) is 25.2. The molecule has 0 radical (unpaired) electrons. The van der Waals surface area contributed by atoms with Crippen LogP contribution in [0.5, 0.6) is 0 Å². The van der Waals surface area contributed by atoms with E-state index in [2.05, 4.69) is 41.6 Å². The van der Waals surface area contributed by atoms with Gasteiger partial charge in [-0.1, -0.05) is 39.0 Å². The van der Waals surface area contributed by atoms with Crippen molar-refractivity contribution in [3.05, 3.63) is 53.7 Å². The number of benzene rings is 1. The number of carbonyl (C=O) groups is 2. The van der Waals surface area contributed by atoms with Crippen molar-refractivity contribution in [2.75, 3.05) is 5.32 Å². The first kappa shape index (κ1) is 20.8. The van der Waals surface area contributed by atoms with Crippen molar-refractivity contribution in [3.8, 4) is 5.69 Å². The summed E-state index contributed by atoms with van der Waals surface area (Å²) in [5.41, 5.74) is 2.25. The third kappa shape index (κ3) is 4.35. The van der Waals surface area contributed by atoms with Gasteiger partial charge in [0.05, 0.1) is 17.9 Å². The van der Waals surface area contributed by atoms with Crippen LogP contribution in [-0.2, 0) is 21.5 Å². The minimum absolute atomic E-state index is 0.146. The Hall–Kier alpha value is -3.49. The summed E-state index contributed by atoms with van der Waals surface area (Å²) in [6.45, 7) is 8.23. The second-order valence-electron chi connectivity index (χ2n) is 8.84. The lowest BCUT2D eigenvalue weighted by molar-refractivity contribution is -0.136. The average molecular weight is 422 g/mol. The molecule has 2 aromatic heterocycles. The second kappa shape index (κ2) is 7.98. The van der Waals surface area contributed by atoms with Crippen molar-refractivity contribution in [1.29, 1.82) is 0 Å². The quantitative estimate of drug-likeness (QED) is 0.616. The van der Waals surface area contributed by atoms with Gasteiger partial charge in [0.1, 0.15) is 12.1 Å². The lowest BCUT2D eigenvalue weighted by Crippen LogP contribution is -2.36. The zero-order valence-corrected chi connectivity index (χ0v) is 18.2. The summed E-state index contributed by atoms with van der Waals surface area (Å²) in [5.74, 6) is -0.359. The molecule has 2 N–H and O–H groups in total. The number of carbonyl (C=O) groups excluding carboxylic acids is 2. The molecule has 3 aromatic rings. The van der Waals surface area contributed by atoms with Crippen molar-refractivity contribution in [2.45, 2.75) is 58.5 Å². The molecule has 162 valence electrons. The fourth-order valence-electron chi connectivity index (χ4n) is 3.57. The fourth-order valence-corrected chi connectivity index (χ4v) is 3.57. The van der Waals surface area contributed by atoms with Crippen molar-refractivity contribution >= 4 is 17.6 Å². The first-order valence-electron chi connectivity index (χ1n) is 10.4. The maximum Gasteiger partial charge on any atom is 0.314 e. The molecule has 2 heterocycles. The number of anilines is 1. The average Bonchev–Trinajstić information content (AvgIpc) is 3.38. The van der Waals surface area contributed by atoms with Crippen LogP contribution < -0.4 is 10.6 Å². The summed E-state index contributed by atoms with van der Waals surface area (Å²) in [6.07, 6.45) is 3.83. The van der Waals surface area contributed by atoms with Crippen molar-refractivity contribution in [3.63, 3.8) is 0 Å². The Balaban J connectivity index is 1.53. The van der Waals surface area contributed by atoms with Gasteiger partial charge in [0, 0.05) is 17.0 Å². The number of nitrogens with one attached hydrogen (secondary N) is 2. The van der Waals surface area contributed by atoms with E-state index in [4.69, 9.17) is 5.10 Å². The number of amides is 2. The molecule has 1 aliphatic carbocycles. The maximum absolute atomic E-state index is 12.7. The molecule has 2 amide bonds. The molecule has 0 atom stereocenters. The van der Waals surface area contributed by atoms with Crippen LogP contribution >= 0.6 is 0 Å². The van der Waals surface area contributed by atoms with Gasteiger partial charge in [-0.3, -0.25) is 9.59 Å². The molecule has 9 nitrogen and oxygen atoms in total. The Morgan fingerprint density at radius 1 is 1.13 bits per heavy atom. The first-order valence-corrected chi connectivity index (χ1v) is 10.4. The number of hydrogen-bond donors (Lipinski definition) is 2. The fraction of sp³-hybridized carbons (Fsp3) is 0.409. The van der Waals surface area contributed by atoms with Crippen molar-refractivity contribution in [2.24, 2.45) is 0 Å². The molecule has 1 aliphatic rings. The third-order valence-corrected chi connectivity index (χ3v) is 5.27.